The summed E-state index contributed by atoms with van der Waals surface area (Å²) in [6.07, 6.45) is 7.51. The number of aliphatic carboxylic acids is 1. The van der Waals surface area contributed by atoms with Gasteiger partial charge in [0.15, 0.2) is 23.1 Å². The number of benzene rings is 4. The molecule has 5 atom stereocenters. The molecule has 22 nitrogen and oxygen atoms in total. The van der Waals surface area contributed by atoms with Crippen molar-refractivity contribution in [1.82, 2.24) is 41.2 Å². The average Bonchev–Trinajstić information content (AvgIpc) is 4.25. The van der Waals surface area contributed by atoms with Gasteiger partial charge in [-0.25, -0.2) is 28.3 Å². The Balaban J connectivity index is 0.000000226. The van der Waals surface area contributed by atoms with Crippen LogP contribution in [0.4, 0.5) is 22.8 Å². The van der Waals surface area contributed by atoms with Gasteiger partial charge in [-0.1, -0.05) is 48.2 Å². The molecule has 0 radical (unpaired) electrons. The molecule has 2 aliphatic rings. The summed E-state index contributed by atoms with van der Waals surface area (Å²) in [5.41, 5.74) is 14.4. The molecule has 4 heterocycles. The number of halogens is 3. The Morgan fingerprint density at radius 1 is 0.718 bits per heavy atom. The topological polar surface area (TPSA) is 342 Å². The first-order chi connectivity index (χ1) is 37.3. The third-order valence-corrected chi connectivity index (χ3v) is 13.2. The Bertz CT molecular complexity index is 3220. The highest BCUT2D eigenvalue weighted by atomic mass is 32.2. The number of imide groups is 2. The van der Waals surface area contributed by atoms with E-state index in [1.807, 2.05) is 0 Å². The smallest absolute Gasteiger partial charge is 0.328 e. The molecule has 0 spiro atoms. The van der Waals surface area contributed by atoms with Crippen molar-refractivity contribution in [2.24, 2.45) is 11.5 Å². The van der Waals surface area contributed by atoms with E-state index < -0.39 is 99.2 Å². The predicted octanol–water partition coefficient (Wildman–Crippen LogP) is 4.49. The fraction of sp³-hybridized carbons (Fsp3) is 0.216. The summed E-state index contributed by atoms with van der Waals surface area (Å²) in [7, 11) is 1.10. The maximum Gasteiger partial charge on any atom is 0.328 e. The molecule has 27 heteroatoms. The van der Waals surface area contributed by atoms with Crippen LogP contribution in [0.1, 0.15) is 33.6 Å². The monoisotopic (exact) mass is 1110 g/mol. The van der Waals surface area contributed by atoms with Crippen LogP contribution in [0, 0.1) is 17.5 Å². The second kappa shape index (κ2) is 26.3. The first kappa shape index (κ1) is 56.9. The van der Waals surface area contributed by atoms with Gasteiger partial charge in [0.2, 0.25) is 23.5 Å². The summed E-state index contributed by atoms with van der Waals surface area (Å²) in [5.74, 6) is -7.58. The molecule has 0 bridgehead atoms. The predicted molar refractivity (Wildman–Crippen MR) is 275 cm³/mol. The molecule has 8 rings (SSSR count). The van der Waals surface area contributed by atoms with Crippen molar-refractivity contribution in [2.45, 2.75) is 61.5 Å². The Morgan fingerprint density at radius 3 is 1.82 bits per heavy atom. The summed E-state index contributed by atoms with van der Waals surface area (Å²) in [4.78, 5) is 109. The van der Waals surface area contributed by atoms with Gasteiger partial charge >= 0.3 is 11.9 Å². The van der Waals surface area contributed by atoms with Crippen molar-refractivity contribution in [3.05, 3.63) is 160 Å². The van der Waals surface area contributed by atoms with Crippen LogP contribution in [-0.4, -0.2) is 108 Å². The molecular formula is C51H47F3N10O12S2. The molecule has 78 heavy (non-hydrogen) atoms. The number of carbonyl (C=O) groups excluding carboxylic acids is 7. The molecule has 11 N–H and O–H groups in total. The van der Waals surface area contributed by atoms with Crippen LogP contribution in [0.15, 0.2) is 109 Å². The lowest BCUT2D eigenvalue weighted by atomic mass is 10.0. The number of ether oxygens (including phenoxy) is 3. The number of carbonyl (C=O) groups is 8. The first-order valence-electron chi connectivity index (χ1n) is 23.3. The lowest BCUT2D eigenvalue weighted by Gasteiger charge is -2.19. The van der Waals surface area contributed by atoms with Crippen LogP contribution < -0.4 is 42.2 Å². The third kappa shape index (κ3) is 15.6. The SMILES string of the molecule is COC(=O)C(Cc1ccc(Oc2ccc(CC3SC(=O)NC3=O)cc2)c(F)c1F)NC(=O)C(N)Cc1c[nH]cn1.NC(Cc1c[nH]cn1)C(=O)NC(Cc1ccc(Oc2ccc(C=C3SC(=O)NC3=O)cc2)c(F)c1)C(=O)O. The Kier molecular flexibility index (Phi) is 19.2. The summed E-state index contributed by atoms with van der Waals surface area (Å²) >= 11 is 1.71. The number of hydrogen-bond donors (Lipinski definition) is 9. The average molecular weight is 1110 g/mol. The third-order valence-electron chi connectivity index (χ3n) is 11.4. The highest BCUT2D eigenvalue weighted by molar-refractivity contribution is 8.18. The second-order valence-electron chi connectivity index (χ2n) is 17.1. The van der Waals surface area contributed by atoms with Gasteiger partial charge in [-0.15, -0.1) is 0 Å². The fourth-order valence-corrected chi connectivity index (χ4v) is 8.99. The van der Waals surface area contributed by atoms with Gasteiger partial charge in [0, 0.05) is 38.1 Å². The Morgan fingerprint density at radius 2 is 1.29 bits per heavy atom. The number of H-pyrrole nitrogens is 2. The number of esters is 1. The van der Waals surface area contributed by atoms with Crippen LogP contribution in [0.5, 0.6) is 23.0 Å². The second-order valence-corrected chi connectivity index (χ2v) is 19.3. The normalized spacial score (nSPS) is 16.0. The number of hydrogen-bond acceptors (Lipinski definition) is 17. The zero-order valence-electron chi connectivity index (χ0n) is 40.8. The lowest BCUT2D eigenvalue weighted by Crippen LogP contribution is -2.50. The van der Waals surface area contributed by atoms with Crippen molar-refractivity contribution >= 4 is 75.6 Å². The fourth-order valence-electron chi connectivity index (χ4n) is 7.45. The largest absolute Gasteiger partial charge is 0.480 e. The molecule has 2 fully saturated rings. The van der Waals surface area contributed by atoms with Crippen molar-refractivity contribution < 1.29 is 70.8 Å². The molecular weight excluding hydrogens is 1070 g/mol. The minimum Gasteiger partial charge on any atom is -0.480 e. The van der Waals surface area contributed by atoms with E-state index in [1.165, 1.54) is 49.1 Å². The van der Waals surface area contributed by atoms with Crippen molar-refractivity contribution in [3.63, 3.8) is 0 Å². The molecule has 6 amide bonds. The number of aromatic amines is 2. The molecule has 5 unspecified atom stereocenters. The molecule has 2 aliphatic heterocycles. The van der Waals surface area contributed by atoms with E-state index in [2.05, 4.69) is 41.2 Å². The zero-order valence-corrected chi connectivity index (χ0v) is 42.4. The van der Waals surface area contributed by atoms with Crippen molar-refractivity contribution in [1.29, 1.82) is 0 Å². The van der Waals surface area contributed by atoms with Gasteiger partial charge in [-0.2, -0.15) is 4.39 Å². The molecule has 406 valence electrons. The van der Waals surface area contributed by atoms with Crippen LogP contribution in [0.2, 0.25) is 0 Å². The standard InChI is InChI=1S/C26H25F2N5O6S.C25H22FN5O6S/c1-38-25(36)18(32-23(34)17(29)10-15-11-30-12-31-15)9-14-4-7-19(22(28)21(14)27)39-16-5-2-13(3-6-16)8-20-24(35)33-26(37)40-20;26-17-7-14(8-19(24(34)35)30-22(32)18(27)10-15-11-28-12-29-15)3-6-20(17)37-16-4-1-13(2-5-16)9-21-23(33)31-25(36)38-21/h2-7,11-12,17-18,20H,8-10,29H2,1H3,(H,30,31)(H,32,34)(H,33,35,37);1-7,9,11-12,18-19H,8,10,27H2,(H,28,29)(H,30,32)(H,34,35)(H,31,33,36). The van der Waals surface area contributed by atoms with Crippen LogP contribution in [0.3, 0.4) is 0 Å². The number of carboxylic acid groups (broad SMARTS) is 1. The summed E-state index contributed by atoms with van der Waals surface area (Å²) < 4.78 is 60.4. The van der Waals surface area contributed by atoms with Gasteiger partial charge in [0.1, 0.15) is 23.6 Å². The maximum atomic E-state index is 15.0. The van der Waals surface area contributed by atoms with E-state index in [4.69, 9.17) is 25.7 Å². The number of amides is 6. The molecule has 2 saturated heterocycles. The zero-order chi connectivity index (χ0) is 56.0. The van der Waals surface area contributed by atoms with Crippen LogP contribution >= 0.6 is 23.5 Å². The molecule has 4 aromatic carbocycles. The van der Waals surface area contributed by atoms with E-state index >= 15 is 0 Å². The van der Waals surface area contributed by atoms with E-state index in [-0.39, 0.29) is 47.1 Å². The van der Waals surface area contributed by atoms with E-state index in [0.717, 1.165) is 42.3 Å². The van der Waals surface area contributed by atoms with Crippen molar-refractivity contribution in [2.75, 3.05) is 7.11 Å². The number of thioether (sulfide) groups is 2. The summed E-state index contributed by atoms with van der Waals surface area (Å²) in [6, 6.07) is 14.5. The Hall–Kier alpha value is -8.79. The van der Waals surface area contributed by atoms with Crippen LogP contribution in [-0.2, 0) is 65.6 Å². The number of rotatable bonds is 21. The van der Waals surface area contributed by atoms with Crippen LogP contribution in [0.25, 0.3) is 6.08 Å². The van der Waals surface area contributed by atoms with Gasteiger partial charge in [0.05, 0.1) is 53.4 Å². The quantitative estimate of drug-likeness (QED) is 0.0354. The highest BCUT2D eigenvalue weighted by Crippen LogP contribution is 2.31. The number of nitrogens with one attached hydrogen (secondary N) is 6. The van der Waals surface area contributed by atoms with Gasteiger partial charge in [-0.3, -0.25) is 39.4 Å². The summed E-state index contributed by atoms with van der Waals surface area (Å²) in [5, 5.41) is 17.4. The molecule has 2 aromatic heterocycles. The number of nitrogens with zero attached hydrogens (tertiary/aromatic N) is 2. The van der Waals surface area contributed by atoms with Gasteiger partial charge in [0.25, 0.3) is 16.4 Å². The lowest BCUT2D eigenvalue weighted by molar-refractivity contribution is -0.145. The number of carboxylic acids is 1. The summed E-state index contributed by atoms with van der Waals surface area (Å²) in [6.45, 7) is 0. The Labute approximate surface area is 449 Å². The highest BCUT2D eigenvalue weighted by Gasteiger charge is 2.32. The minimum absolute atomic E-state index is 0.0897. The molecule has 6 aromatic rings. The van der Waals surface area contributed by atoms with Crippen molar-refractivity contribution in [3.8, 4) is 23.0 Å². The first-order valence-corrected chi connectivity index (χ1v) is 25.0. The van der Waals surface area contributed by atoms with Gasteiger partial charge in [-0.05, 0) is 89.0 Å². The number of methoxy groups -OCH3 is 1. The number of aromatic nitrogens is 4. The minimum atomic E-state index is -1.33. The number of nitrogens with two attached hydrogens (primary N) is 2. The maximum absolute atomic E-state index is 15.0. The number of imidazole rings is 2. The molecule has 0 saturated carbocycles. The van der Waals surface area contributed by atoms with E-state index in [9.17, 15) is 56.6 Å². The van der Waals surface area contributed by atoms with E-state index in [1.54, 1.807) is 54.9 Å². The van der Waals surface area contributed by atoms with E-state index in [0.29, 0.717) is 34.7 Å². The van der Waals surface area contributed by atoms with Gasteiger partial charge < -0.3 is 51.4 Å². The molecule has 0 aliphatic carbocycles.